The number of esters is 1. The summed E-state index contributed by atoms with van der Waals surface area (Å²) in [6.07, 6.45) is 3.53. The maximum atomic E-state index is 11.9. The summed E-state index contributed by atoms with van der Waals surface area (Å²) in [4.78, 5) is 15.8. The highest BCUT2D eigenvalue weighted by Gasteiger charge is 2.16. The van der Waals surface area contributed by atoms with Gasteiger partial charge in [0.15, 0.2) is 11.5 Å². The molecule has 1 aliphatic heterocycles. The maximum Gasteiger partial charge on any atom is 0.310 e. The van der Waals surface area contributed by atoms with Crippen molar-refractivity contribution in [2.45, 2.75) is 13.0 Å². The second kappa shape index (κ2) is 6.79. The smallest absolute Gasteiger partial charge is 0.310 e. The largest absolute Gasteiger partial charge is 0.486 e. The molecule has 2 heterocycles. The van der Waals surface area contributed by atoms with E-state index in [0.717, 1.165) is 15.6 Å². The van der Waals surface area contributed by atoms with Gasteiger partial charge in [0, 0.05) is 22.4 Å². The first-order valence-corrected chi connectivity index (χ1v) is 7.64. The van der Waals surface area contributed by atoms with Crippen LogP contribution >= 0.6 is 15.9 Å². The van der Waals surface area contributed by atoms with Gasteiger partial charge in [-0.3, -0.25) is 9.78 Å². The van der Waals surface area contributed by atoms with Crippen LogP contribution in [-0.2, 0) is 22.6 Å². The monoisotopic (exact) mass is 363 g/mol. The van der Waals surface area contributed by atoms with Crippen molar-refractivity contribution in [3.8, 4) is 11.5 Å². The number of halogens is 1. The highest BCUT2D eigenvalue weighted by molar-refractivity contribution is 9.10. The van der Waals surface area contributed by atoms with Gasteiger partial charge in [-0.15, -0.1) is 0 Å². The number of fused-ring (bicyclic) bond motifs is 1. The first-order valence-electron chi connectivity index (χ1n) is 6.85. The van der Waals surface area contributed by atoms with E-state index < -0.39 is 0 Å². The minimum absolute atomic E-state index is 0.177. The Morgan fingerprint density at radius 1 is 1.27 bits per heavy atom. The Kier molecular flexibility index (Phi) is 4.58. The van der Waals surface area contributed by atoms with E-state index in [2.05, 4.69) is 20.9 Å². The summed E-state index contributed by atoms with van der Waals surface area (Å²) < 4.78 is 17.2. The van der Waals surface area contributed by atoms with E-state index in [1.807, 2.05) is 18.2 Å². The number of rotatable bonds is 4. The summed E-state index contributed by atoms with van der Waals surface area (Å²) in [6.45, 7) is 1.24. The third kappa shape index (κ3) is 3.57. The van der Waals surface area contributed by atoms with E-state index in [-0.39, 0.29) is 19.0 Å². The molecule has 0 unspecified atom stereocenters. The maximum absolute atomic E-state index is 11.9. The number of pyridine rings is 1. The predicted molar refractivity (Wildman–Crippen MR) is 82.9 cm³/mol. The van der Waals surface area contributed by atoms with Gasteiger partial charge in [0.2, 0.25) is 0 Å². The number of aromatic nitrogens is 1. The normalized spacial score (nSPS) is 12.8. The zero-order valence-electron chi connectivity index (χ0n) is 11.8. The fourth-order valence-electron chi connectivity index (χ4n) is 2.10. The number of ether oxygens (including phenoxy) is 3. The zero-order valence-corrected chi connectivity index (χ0v) is 13.3. The van der Waals surface area contributed by atoms with Gasteiger partial charge in [0.05, 0.1) is 6.42 Å². The molecule has 3 rings (SSSR count). The molecule has 0 bridgehead atoms. The van der Waals surface area contributed by atoms with Crippen LogP contribution in [0.4, 0.5) is 0 Å². The standard InChI is InChI=1S/C16H14BrNO4/c17-13-8-15-14(20-4-5-21-15)7-12(13)10-22-16(19)6-11-2-1-3-18-9-11/h1-3,7-9H,4-6,10H2. The zero-order chi connectivity index (χ0) is 15.4. The molecule has 0 spiro atoms. The highest BCUT2D eigenvalue weighted by Crippen LogP contribution is 2.35. The van der Waals surface area contributed by atoms with Crippen molar-refractivity contribution in [2.24, 2.45) is 0 Å². The summed E-state index contributed by atoms with van der Waals surface area (Å²) in [7, 11) is 0. The summed E-state index contributed by atoms with van der Waals surface area (Å²) in [5, 5.41) is 0. The number of carbonyl (C=O) groups excluding carboxylic acids is 1. The number of hydrogen-bond acceptors (Lipinski definition) is 5. The van der Waals surface area contributed by atoms with Gasteiger partial charge in [-0.2, -0.15) is 0 Å². The molecule has 1 aromatic heterocycles. The molecular formula is C16H14BrNO4. The SMILES string of the molecule is O=C(Cc1cccnc1)OCc1cc2c(cc1Br)OCCO2. The van der Waals surface area contributed by atoms with Gasteiger partial charge in [-0.05, 0) is 23.8 Å². The Hall–Kier alpha value is -2.08. The van der Waals surface area contributed by atoms with Crippen LogP contribution < -0.4 is 9.47 Å². The number of hydrogen-bond donors (Lipinski definition) is 0. The van der Waals surface area contributed by atoms with E-state index in [9.17, 15) is 4.79 Å². The molecule has 6 heteroatoms. The van der Waals surface area contributed by atoms with Crippen molar-refractivity contribution in [3.63, 3.8) is 0 Å². The van der Waals surface area contributed by atoms with E-state index >= 15 is 0 Å². The molecule has 0 aliphatic carbocycles. The highest BCUT2D eigenvalue weighted by atomic mass is 79.9. The van der Waals surface area contributed by atoms with Gasteiger partial charge in [0.1, 0.15) is 19.8 Å². The lowest BCUT2D eigenvalue weighted by molar-refractivity contribution is -0.144. The molecular weight excluding hydrogens is 350 g/mol. The molecule has 114 valence electrons. The quantitative estimate of drug-likeness (QED) is 0.781. The third-order valence-electron chi connectivity index (χ3n) is 3.17. The van der Waals surface area contributed by atoms with E-state index in [4.69, 9.17) is 14.2 Å². The van der Waals surface area contributed by atoms with Crippen LogP contribution in [0.2, 0.25) is 0 Å². The van der Waals surface area contributed by atoms with Crippen molar-refractivity contribution in [1.82, 2.24) is 4.98 Å². The van der Waals surface area contributed by atoms with Crippen LogP contribution in [0.25, 0.3) is 0 Å². The lowest BCUT2D eigenvalue weighted by Gasteiger charge is -2.19. The van der Waals surface area contributed by atoms with E-state index in [1.54, 1.807) is 18.5 Å². The van der Waals surface area contributed by atoms with Crippen LogP contribution in [0.15, 0.2) is 41.1 Å². The molecule has 0 amide bonds. The Labute approximate surface area is 136 Å². The van der Waals surface area contributed by atoms with Crippen molar-refractivity contribution < 1.29 is 19.0 Å². The van der Waals surface area contributed by atoms with Crippen molar-refractivity contribution in [1.29, 1.82) is 0 Å². The van der Waals surface area contributed by atoms with Gasteiger partial charge < -0.3 is 14.2 Å². The summed E-state index contributed by atoms with van der Waals surface area (Å²) in [6, 6.07) is 7.29. The first-order chi connectivity index (χ1) is 10.7. The van der Waals surface area contributed by atoms with Gasteiger partial charge >= 0.3 is 5.97 Å². The van der Waals surface area contributed by atoms with Crippen molar-refractivity contribution in [3.05, 3.63) is 52.3 Å². The lowest BCUT2D eigenvalue weighted by Crippen LogP contribution is -2.16. The van der Waals surface area contributed by atoms with Crippen LogP contribution in [0, 0.1) is 0 Å². The molecule has 0 atom stereocenters. The predicted octanol–water partition coefficient (Wildman–Crippen LogP) is 2.90. The van der Waals surface area contributed by atoms with Crippen LogP contribution in [0.3, 0.4) is 0 Å². The average molecular weight is 364 g/mol. The Morgan fingerprint density at radius 3 is 2.77 bits per heavy atom. The first kappa shape index (κ1) is 14.8. The lowest BCUT2D eigenvalue weighted by atomic mass is 10.2. The fourth-order valence-corrected chi connectivity index (χ4v) is 2.53. The van der Waals surface area contributed by atoms with E-state index in [0.29, 0.717) is 24.7 Å². The minimum atomic E-state index is -0.296. The number of benzene rings is 1. The molecule has 1 aromatic carbocycles. The summed E-state index contributed by atoms with van der Waals surface area (Å²) in [5.74, 6) is 1.08. The van der Waals surface area contributed by atoms with Gasteiger partial charge in [0.25, 0.3) is 0 Å². The van der Waals surface area contributed by atoms with Crippen molar-refractivity contribution >= 4 is 21.9 Å². The summed E-state index contributed by atoms with van der Waals surface area (Å²) in [5.41, 5.74) is 1.66. The second-order valence-corrected chi connectivity index (χ2v) is 5.64. The molecule has 0 radical (unpaired) electrons. The Balaban J connectivity index is 1.62. The molecule has 0 fully saturated rings. The topological polar surface area (TPSA) is 57.7 Å². The third-order valence-corrected chi connectivity index (χ3v) is 3.91. The van der Waals surface area contributed by atoms with Gasteiger partial charge in [-0.25, -0.2) is 0 Å². The summed E-state index contributed by atoms with van der Waals surface area (Å²) >= 11 is 3.46. The molecule has 0 saturated carbocycles. The molecule has 2 aromatic rings. The Bertz CT molecular complexity index is 675. The molecule has 0 saturated heterocycles. The average Bonchev–Trinajstić information content (AvgIpc) is 2.54. The molecule has 0 N–H and O–H groups in total. The van der Waals surface area contributed by atoms with Gasteiger partial charge in [-0.1, -0.05) is 22.0 Å². The number of carbonyl (C=O) groups is 1. The van der Waals surface area contributed by atoms with E-state index in [1.165, 1.54) is 0 Å². The van der Waals surface area contributed by atoms with Crippen molar-refractivity contribution in [2.75, 3.05) is 13.2 Å². The minimum Gasteiger partial charge on any atom is -0.486 e. The molecule has 22 heavy (non-hydrogen) atoms. The number of nitrogens with zero attached hydrogens (tertiary/aromatic N) is 1. The van der Waals surface area contributed by atoms with Crippen LogP contribution in [0.5, 0.6) is 11.5 Å². The molecule has 5 nitrogen and oxygen atoms in total. The fraction of sp³-hybridized carbons (Fsp3) is 0.250. The second-order valence-electron chi connectivity index (χ2n) is 4.79. The molecule has 1 aliphatic rings. The Morgan fingerprint density at radius 2 is 2.05 bits per heavy atom. The van der Waals surface area contributed by atoms with Crippen LogP contribution in [-0.4, -0.2) is 24.2 Å². The van der Waals surface area contributed by atoms with Crippen LogP contribution in [0.1, 0.15) is 11.1 Å².